The first kappa shape index (κ1) is 17.2. The van der Waals surface area contributed by atoms with Gasteiger partial charge in [0.2, 0.25) is 0 Å². The number of halogens is 2. The Morgan fingerprint density at radius 3 is 3.08 bits per heavy atom. The number of nitrogens with zero attached hydrogens (tertiary/aromatic N) is 3. The molecule has 1 fully saturated rings. The van der Waals surface area contributed by atoms with Crippen LogP contribution in [0.2, 0.25) is 10.0 Å². The fraction of sp³-hybridized carbons (Fsp3) is 0.400. The van der Waals surface area contributed by atoms with Crippen LogP contribution in [0.15, 0.2) is 22.7 Å². The quantitative estimate of drug-likeness (QED) is 0.821. The van der Waals surface area contributed by atoms with Crippen molar-refractivity contribution in [2.24, 2.45) is 0 Å². The highest BCUT2D eigenvalue weighted by Crippen LogP contribution is 2.28. The first-order valence-electron chi connectivity index (χ1n) is 7.25. The van der Waals surface area contributed by atoms with Gasteiger partial charge in [0.05, 0.1) is 23.8 Å². The molecule has 0 radical (unpaired) electrons. The Bertz CT molecular complexity index is 737. The maximum atomic E-state index is 12.9. The lowest BCUT2D eigenvalue weighted by molar-refractivity contribution is -0.00576. The van der Waals surface area contributed by atoms with Crippen LogP contribution in [0.1, 0.15) is 28.1 Å². The van der Waals surface area contributed by atoms with Gasteiger partial charge in [0, 0.05) is 18.7 Å². The van der Waals surface area contributed by atoms with Crippen LogP contribution in [-0.4, -0.2) is 47.8 Å². The van der Waals surface area contributed by atoms with Gasteiger partial charge in [-0.25, -0.2) is 0 Å². The van der Waals surface area contributed by atoms with Gasteiger partial charge in [-0.1, -0.05) is 28.4 Å². The van der Waals surface area contributed by atoms with Crippen molar-refractivity contribution in [1.82, 2.24) is 15.0 Å². The average molecular weight is 372 g/mol. The fourth-order valence-corrected chi connectivity index (χ4v) is 2.83. The van der Waals surface area contributed by atoms with E-state index in [1.165, 1.54) is 7.11 Å². The molecular formula is C15H15Cl2N3O4. The Balaban J connectivity index is 1.88. The maximum Gasteiger partial charge on any atom is 0.256 e. The molecule has 1 saturated heterocycles. The molecule has 1 amide bonds. The van der Waals surface area contributed by atoms with E-state index in [1.54, 1.807) is 23.1 Å². The van der Waals surface area contributed by atoms with Crippen LogP contribution in [0, 0.1) is 0 Å². The summed E-state index contributed by atoms with van der Waals surface area (Å²) < 4.78 is 15.5. The number of morpholine rings is 1. The smallest absolute Gasteiger partial charge is 0.256 e. The number of benzene rings is 1. The van der Waals surface area contributed by atoms with Gasteiger partial charge in [0.1, 0.15) is 12.6 Å². The Morgan fingerprint density at radius 1 is 1.46 bits per heavy atom. The highest BCUT2D eigenvalue weighted by atomic mass is 35.5. The highest BCUT2D eigenvalue weighted by molar-refractivity contribution is 6.35. The topological polar surface area (TPSA) is 77.7 Å². The number of hydrogen-bond acceptors (Lipinski definition) is 6. The number of aromatic nitrogens is 2. The van der Waals surface area contributed by atoms with E-state index in [2.05, 4.69) is 10.1 Å². The number of hydrogen-bond donors (Lipinski definition) is 0. The molecule has 0 unspecified atom stereocenters. The molecule has 0 spiro atoms. The molecule has 0 aliphatic carbocycles. The molecule has 128 valence electrons. The first-order valence-corrected chi connectivity index (χ1v) is 8.01. The lowest BCUT2D eigenvalue weighted by Gasteiger charge is -2.33. The Kier molecular flexibility index (Phi) is 5.35. The monoisotopic (exact) mass is 371 g/mol. The third kappa shape index (κ3) is 3.54. The van der Waals surface area contributed by atoms with Crippen molar-refractivity contribution in [2.45, 2.75) is 12.6 Å². The van der Waals surface area contributed by atoms with Gasteiger partial charge in [-0.15, -0.1) is 0 Å². The Morgan fingerprint density at radius 2 is 2.29 bits per heavy atom. The minimum absolute atomic E-state index is 0.203. The predicted octanol–water partition coefficient (Wildman–Crippen LogP) is 2.74. The van der Waals surface area contributed by atoms with Gasteiger partial charge in [0.25, 0.3) is 11.8 Å². The molecule has 7 nitrogen and oxygen atoms in total. The van der Waals surface area contributed by atoms with Crippen LogP contribution < -0.4 is 0 Å². The van der Waals surface area contributed by atoms with Crippen molar-refractivity contribution < 1.29 is 18.8 Å². The lowest BCUT2D eigenvalue weighted by atomic mass is 10.1. The van der Waals surface area contributed by atoms with E-state index < -0.39 is 6.04 Å². The number of amides is 1. The summed E-state index contributed by atoms with van der Waals surface area (Å²) in [7, 11) is 1.53. The summed E-state index contributed by atoms with van der Waals surface area (Å²) in [4.78, 5) is 18.8. The minimum atomic E-state index is -0.462. The standard InChI is InChI=1S/C15H15Cl2N3O4/c1-22-8-13-18-14(19-24-13)12-7-23-5-4-20(12)15(21)10-6-9(16)2-3-11(10)17/h2-3,6,12H,4-5,7-8H2,1H3/t12-/m1/s1. The van der Waals surface area contributed by atoms with Crippen molar-refractivity contribution >= 4 is 29.1 Å². The zero-order chi connectivity index (χ0) is 17.1. The summed E-state index contributed by atoms with van der Waals surface area (Å²) in [6.07, 6.45) is 0. The molecular weight excluding hydrogens is 357 g/mol. The highest BCUT2D eigenvalue weighted by Gasteiger charge is 2.33. The van der Waals surface area contributed by atoms with Gasteiger partial charge in [-0.3, -0.25) is 4.79 Å². The predicted molar refractivity (Wildman–Crippen MR) is 86.1 cm³/mol. The number of carbonyl (C=O) groups excluding carboxylic acids is 1. The van der Waals surface area contributed by atoms with Crippen LogP contribution in [-0.2, 0) is 16.1 Å². The van der Waals surface area contributed by atoms with Gasteiger partial charge < -0.3 is 18.9 Å². The van der Waals surface area contributed by atoms with Crippen LogP contribution in [0.3, 0.4) is 0 Å². The third-order valence-electron chi connectivity index (χ3n) is 3.60. The van der Waals surface area contributed by atoms with Crippen LogP contribution in [0.25, 0.3) is 0 Å². The first-order chi connectivity index (χ1) is 11.6. The van der Waals surface area contributed by atoms with E-state index in [-0.39, 0.29) is 19.1 Å². The van der Waals surface area contributed by atoms with E-state index in [9.17, 15) is 4.79 Å². The summed E-state index contributed by atoms with van der Waals surface area (Å²) in [5.41, 5.74) is 0.330. The molecule has 24 heavy (non-hydrogen) atoms. The van der Waals surface area contributed by atoms with Crippen molar-refractivity contribution in [3.05, 3.63) is 45.5 Å². The number of methoxy groups -OCH3 is 1. The second-order valence-electron chi connectivity index (χ2n) is 5.19. The summed E-state index contributed by atoms with van der Waals surface area (Å²) in [5, 5.41) is 4.70. The molecule has 9 heteroatoms. The van der Waals surface area contributed by atoms with Crippen molar-refractivity contribution in [1.29, 1.82) is 0 Å². The van der Waals surface area contributed by atoms with Gasteiger partial charge in [-0.2, -0.15) is 4.98 Å². The second kappa shape index (κ2) is 7.48. The zero-order valence-corrected chi connectivity index (χ0v) is 14.4. The van der Waals surface area contributed by atoms with Crippen molar-refractivity contribution in [3.63, 3.8) is 0 Å². The number of ether oxygens (including phenoxy) is 2. The number of rotatable bonds is 4. The van der Waals surface area contributed by atoms with E-state index in [0.29, 0.717) is 40.5 Å². The molecule has 0 bridgehead atoms. The van der Waals surface area contributed by atoms with Crippen molar-refractivity contribution in [3.8, 4) is 0 Å². The SMILES string of the molecule is COCc1nc([C@H]2COCCN2C(=O)c2cc(Cl)ccc2Cl)no1. The normalized spacial score (nSPS) is 18.0. The summed E-state index contributed by atoms with van der Waals surface area (Å²) in [5.74, 6) is 0.452. The molecule has 1 atom stereocenters. The largest absolute Gasteiger partial charge is 0.377 e. The zero-order valence-electron chi connectivity index (χ0n) is 12.9. The molecule has 2 aromatic rings. The number of carbonyl (C=O) groups is 1. The fourth-order valence-electron chi connectivity index (χ4n) is 2.46. The molecule has 1 aliphatic heterocycles. The third-order valence-corrected chi connectivity index (χ3v) is 4.16. The van der Waals surface area contributed by atoms with E-state index in [0.717, 1.165) is 0 Å². The average Bonchev–Trinajstić information content (AvgIpc) is 3.05. The van der Waals surface area contributed by atoms with Crippen LogP contribution in [0.5, 0.6) is 0 Å². The molecule has 0 saturated carbocycles. The Labute approximate surface area is 148 Å². The summed E-state index contributed by atoms with van der Waals surface area (Å²) in [6.45, 7) is 1.29. The van der Waals surface area contributed by atoms with E-state index >= 15 is 0 Å². The van der Waals surface area contributed by atoms with E-state index in [4.69, 9.17) is 37.2 Å². The summed E-state index contributed by atoms with van der Waals surface area (Å²) >= 11 is 12.1. The van der Waals surface area contributed by atoms with Gasteiger partial charge in [0.15, 0.2) is 5.82 Å². The summed E-state index contributed by atoms with van der Waals surface area (Å²) in [6, 6.07) is 4.31. The van der Waals surface area contributed by atoms with Gasteiger partial charge in [-0.05, 0) is 18.2 Å². The van der Waals surface area contributed by atoms with E-state index in [1.807, 2.05) is 0 Å². The van der Waals surface area contributed by atoms with Gasteiger partial charge >= 0.3 is 0 Å². The molecule has 1 aromatic heterocycles. The Hall–Kier alpha value is -1.67. The lowest BCUT2D eigenvalue weighted by Crippen LogP contribution is -2.44. The molecule has 2 heterocycles. The molecule has 3 rings (SSSR count). The second-order valence-corrected chi connectivity index (χ2v) is 6.04. The molecule has 0 N–H and O–H groups in total. The molecule has 1 aromatic carbocycles. The maximum absolute atomic E-state index is 12.9. The van der Waals surface area contributed by atoms with Crippen molar-refractivity contribution in [2.75, 3.05) is 26.9 Å². The molecule has 1 aliphatic rings. The van der Waals surface area contributed by atoms with Crippen LogP contribution >= 0.6 is 23.2 Å². The van der Waals surface area contributed by atoms with Crippen LogP contribution in [0.4, 0.5) is 0 Å². The minimum Gasteiger partial charge on any atom is -0.377 e.